The molecule has 1 unspecified atom stereocenters. The maximum absolute atomic E-state index is 12.1. The molecule has 0 spiro atoms. The maximum atomic E-state index is 12.1. The zero-order chi connectivity index (χ0) is 11.5. The fraction of sp³-hybridized carbons (Fsp3) is 1.00. The summed E-state index contributed by atoms with van der Waals surface area (Å²) in [5, 5.41) is 11.6. The summed E-state index contributed by atoms with van der Waals surface area (Å²) in [5.74, 6) is 0.0878. The summed E-state index contributed by atoms with van der Waals surface area (Å²) in [6.45, 7) is -1.32. The molecule has 1 saturated carbocycles. The zero-order valence-corrected chi connectivity index (χ0v) is 8.60. The van der Waals surface area contributed by atoms with Crippen molar-refractivity contribution in [3.05, 3.63) is 0 Å². The van der Waals surface area contributed by atoms with E-state index in [1.54, 1.807) is 0 Å². The number of alkyl halides is 3. The van der Waals surface area contributed by atoms with E-state index in [0.29, 0.717) is 0 Å². The standard InChI is InChI=1S/C9H16F3NO2/c1-15-6-8(5-14,7-2-3-7)13-4-9(10,11)12/h7,13-14H,2-6H2,1H3. The quantitative estimate of drug-likeness (QED) is 0.709. The van der Waals surface area contributed by atoms with Gasteiger partial charge in [-0.1, -0.05) is 0 Å². The van der Waals surface area contributed by atoms with Crippen LogP contribution in [0.4, 0.5) is 13.2 Å². The fourth-order valence-corrected chi connectivity index (χ4v) is 1.71. The Balaban J connectivity index is 2.55. The Hall–Kier alpha value is -0.330. The Bertz CT molecular complexity index is 206. The lowest BCUT2D eigenvalue weighted by Gasteiger charge is -2.33. The first-order chi connectivity index (χ1) is 6.93. The van der Waals surface area contributed by atoms with Gasteiger partial charge in [0.05, 0.1) is 25.3 Å². The molecule has 6 heteroatoms. The van der Waals surface area contributed by atoms with E-state index in [2.05, 4.69) is 5.32 Å². The molecule has 1 fully saturated rings. The van der Waals surface area contributed by atoms with Gasteiger partial charge in [0.15, 0.2) is 0 Å². The second-order valence-electron chi connectivity index (χ2n) is 3.99. The lowest BCUT2D eigenvalue weighted by atomic mass is 9.95. The van der Waals surface area contributed by atoms with Gasteiger partial charge in [-0.2, -0.15) is 13.2 Å². The number of hydrogen-bond donors (Lipinski definition) is 2. The van der Waals surface area contributed by atoms with E-state index in [1.807, 2.05) is 0 Å². The molecule has 2 N–H and O–H groups in total. The molecule has 1 aliphatic rings. The van der Waals surface area contributed by atoms with Crippen LogP contribution in [0.2, 0.25) is 0 Å². The molecule has 15 heavy (non-hydrogen) atoms. The molecule has 0 aromatic carbocycles. The van der Waals surface area contributed by atoms with Gasteiger partial charge in [-0.25, -0.2) is 0 Å². The highest BCUT2D eigenvalue weighted by molar-refractivity contribution is 5.01. The monoisotopic (exact) mass is 227 g/mol. The maximum Gasteiger partial charge on any atom is 0.401 e. The van der Waals surface area contributed by atoms with Crippen molar-refractivity contribution in [1.82, 2.24) is 5.32 Å². The highest BCUT2D eigenvalue weighted by Crippen LogP contribution is 2.40. The number of ether oxygens (including phenoxy) is 1. The fourth-order valence-electron chi connectivity index (χ4n) is 1.71. The molecule has 0 bridgehead atoms. The van der Waals surface area contributed by atoms with Crippen LogP contribution in [0.15, 0.2) is 0 Å². The van der Waals surface area contributed by atoms with E-state index >= 15 is 0 Å². The first-order valence-corrected chi connectivity index (χ1v) is 4.85. The molecule has 0 aromatic heterocycles. The Kier molecular flexibility index (Phi) is 3.97. The third kappa shape index (κ3) is 3.62. The molecule has 1 aliphatic carbocycles. The van der Waals surface area contributed by atoms with E-state index in [4.69, 9.17) is 4.74 Å². The third-order valence-electron chi connectivity index (χ3n) is 2.68. The van der Waals surface area contributed by atoms with Crippen LogP contribution in [0.1, 0.15) is 12.8 Å². The van der Waals surface area contributed by atoms with Crippen LogP contribution in [0.25, 0.3) is 0 Å². The molecule has 0 saturated heterocycles. The molecule has 0 aliphatic heterocycles. The number of hydrogen-bond acceptors (Lipinski definition) is 3. The number of aliphatic hydroxyl groups is 1. The predicted molar refractivity (Wildman–Crippen MR) is 48.5 cm³/mol. The van der Waals surface area contributed by atoms with Crippen LogP contribution in [-0.2, 0) is 4.74 Å². The second-order valence-corrected chi connectivity index (χ2v) is 3.99. The Labute approximate surface area is 86.6 Å². The van der Waals surface area contributed by atoms with Gasteiger partial charge in [0, 0.05) is 7.11 Å². The Morgan fingerprint density at radius 3 is 2.33 bits per heavy atom. The lowest BCUT2D eigenvalue weighted by molar-refractivity contribution is -0.132. The topological polar surface area (TPSA) is 41.5 Å². The number of aliphatic hydroxyl groups excluding tert-OH is 1. The van der Waals surface area contributed by atoms with Crippen molar-refractivity contribution < 1.29 is 23.0 Å². The van der Waals surface area contributed by atoms with Gasteiger partial charge in [-0.15, -0.1) is 0 Å². The first kappa shape index (κ1) is 12.7. The molecule has 90 valence electrons. The summed E-state index contributed by atoms with van der Waals surface area (Å²) in [6.07, 6.45) is -2.58. The van der Waals surface area contributed by atoms with Crippen molar-refractivity contribution in [2.75, 3.05) is 26.9 Å². The second kappa shape index (κ2) is 4.67. The van der Waals surface area contributed by atoms with Gasteiger partial charge < -0.3 is 9.84 Å². The van der Waals surface area contributed by atoms with Crippen LogP contribution >= 0.6 is 0 Å². The zero-order valence-electron chi connectivity index (χ0n) is 8.60. The summed E-state index contributed by atoms with van der Waals surface area (Å²) < 4.78 is 41.1. The summed E-state index contributed by atoms with van der Waals surface area (Å²) >= 11 is 0. The molecule has 0 heterocycles. The SMILES string of the molecule is COCC(CO)(NCC(F)(F)F)C1CC1. The first-order valence-electron chi connectivity index (χ1n) is 4.85. The van der Waals surface area contributed by atoms with Crippen molar-refractivity contribution in [3.63, 3.8) is 0 Å². The average molecular weight is 227 g/mol. The van der Waals surface area contributed by atoms with Gasteiger partial charge in [-0.3, -0.25) is 5.32 Å². The number of nitrogens with one attached hydrogen (secondary N) is 1. The van der Waals surface area contributed by atoms with Gasteiger partial charge in [0.25, 0.3) is 0 Å². The minimum absolute atomic E-state index is 0.0878. The summed E-state index contributed by atoms with van der Waals surface area (Å²) in [6, 6.07) is 0. The average Bonchev–Trinajstić information content (AvgIpc) is 2.94. The Morgan fingerprint density at radius 2 is 2.00 bits per heavy atom. The van der Waals surface area contributed by atoms with Crippen LogP contribution in [0.5, 0.6) is 0 Å². The van der Waals surface area contributed by atoms with E-state index in [0.717, 1.165) is 12.8 Å². The molecule has 1 atom stereocenters. The van der Waals surface area contributed by atoms with Crippen LogP contribution < -0.4 is 5.32 Å². The summed E-state index contributed by atoms with van der Waals surface area (Å²) in [7, 11) is 1.42. The van der Waals surface area contributed by atoms with E-state index in [-0.39, 0.29) is 19.1 Å². The lowest BCUT2D eigenvalue weighted by Crippen LogP contribution is -2.56. The minimum Gasteiger partial charge on any atom is -0.394 e. The number of halogens is 3. The molecule has 0 aromatic rings. The Morgan fingerprint density at radius 1 is 1.40 bits per heavy atom. The highest BCUT2D eigenvalue weighted by atomic mass is 19.4. The van der Waals surface area contributed by atoms with Crippen LogP contribution in [-0.4, -0.2) is 43.7 Å². The van der Waals surface area contributed by atoms with Crippen molar-refractivity contribution in [2.45, 2.75) is 24.6 Å². The van der Waals surface area contributed by atoms with Crippen molar-refractivity contribution >= 4 is 0 Å². The van der Waals surface area contributed by atoms with E-state index in [1.165, 1.54) is 7.11 Å². The number of rotatable bonds is 6. The largest absolute Gasteiger partial charge is 0.401 e. The van der Waals surface area contributed by atoms with Crippen LogP contribution in [0, 0.1) is 5.92 Å². The third-order valence-corrected chi connectivity index (χ3v) is 2.68. The molecular weight excluding hydrogens is 211 g/mol. The molecule has 0 radical (unpaired) electrons. The van der Waals surface area contributed by atoms with Gasteiger partial charge >= 0.3 is 6.18 Å². The smallest absolute Gasteiger partial charge is 0.394 e. The number of methoxy groups -OCH3 is 1. The molecule has 0 amide bonds. The summed E-state index contributed by atoms with van der Waals surface area (Å²) in [5.41, 5.74) is -0.926. The van der Waals surface area contributed by atoms with E-state index in [9.17, 15) is 18.3 Å². The van der Waals surface area contributed by atoms with E-state index < -0.39 is 18.3 Å². The van der Waals surface area contributed by atoms with Crippen molar-refractivity contribution in [1.29, 1.82) is 0 Å². The highest BCUT2D eigenvalue weighted by Gasteiger charge is 2.46. The molecular formula is C9H16F3NO2. The van der Waals surface area contributed by atoms with Crippen molar-refractivity contribution in [3.8, 4) is 0 Å². The predicted octanol–water partition coefficient (Wildman–Crippen LogP) is 0.926. The van der Waals surface area contributed by atoms with Crippen LogP contribution in [0.3, 0.4) is 0 Å². The molecule has 3 nitrogen and oxygen atoms in total. The van der Waals surface area contributed by atoms with Crippen molar-refractivity contribution in [2.24, 2.45) is 5.92 Å². The van der Waals surface area contributed by atoms with Gasteiger partial charge in [0.1, 0.15) is 0 Å². The van der Waals surface area contributed by atoms with Gasteiger partial charge in [0.2, 0.25) is 0 Å². The normalized spacial score (nSPS) is 21.4. The van der Waals surface area contributed by atoms with Gasteiger partial charge in [-0.05, 0) is 18.8 Å². The minimum atomic E-state index is -4.26. The summed E-state index contributed by atoms with van der Waals surface area (Å²) in [4.78, 5) is 0. The molecule has 1 rings (SSSR count).